The van der Waals surface area contributed by atoms with Crippen molar-refractivity contribution >= 4 is 5.84 Å². The highest BCUT2D eigenvalue weighted by Gasteiger charge is 2.42. The summed E-state index contributed by atoms with van der Waals surface area (Å²) in [6.07, 6.45) is -2.40. The highest BCUT2D eigenvalue weighted by Crippen LogP contribution is 2.46. The van der Waals surface area contributed by atoms with Gasteiger partial charge in [0, 0.05) is 18.7 Å². The number of fused-ring (bicyclic) bond motifs is 1. The van der Waals surface area contributed by atoms with E-state index in [1.54, 1.807) is 12.1 Å². The third-order valence-corrected chi connectivity index (χ3v) is 7.15. The molecule has 3 fully saturated rings. The van der Waals surface area contributed by atoms with Crippen molar-refractivity contribution in [1.82, 2.24) is 4.90 Å². The molecule has 164 valence electrons. The van der Waals surface area contributed by atoms with Crippen LogP contribution in [0, 0.1) is 17.2 Å². The molecule has 3 aliphatic rings. The quantitative estimate of drug-likeness (QED) is 0.562. The summed E-state index contributed by atoms with van der Waals surface area (Å²) in [6, 6.07) is 13.1. The first-order chi connectivity index (χ1) is 14.7. The normalized spacial score (nSPS) is 27.1. The van der Waals surface area contributed by atoms with E-state index in [-0.39, 0.29) is 0 Å². The second-order valence-corrected chi connectivity index (χ2v) is 9.16. The van der Waals surface area contributed by atoms with Crippen molar-refractivity contribution < 1.29 is 23.0 Å². The lowest BCUT2D eigenvalue weighted by molar-refractivity contribution is -0.184. The molecule has 2 unspecified atom stereocenters. The number of likely N-dealkylation sites (tertiary alicyclic amines) is 1. The Hall–Kier alpha value is -2.38. The number of hydrogen-bond acceptors (Lipinski definition) is 3. The number of ether oxygens (including phenoxy) is 1. The number of amidine groups is 1. The molecule has 4 nitrogen and oxygen atoms in total. The minimum Gasteiger partial charge on any atom is -0.380 e. The van der Waals surface area contributed by atoms with Crippen LogP contribution in [-0.4, -0.2) is 42.1 Å². The van der Waals surface area contributed by atoms with Gasteiger partial charge in [-0.15, -0.1) is 0 Å². The highest BCUT2D eigenvalue weighted by atomic mass is 19.4. The molecule has 0 radical (unpaired) electrons. The van der Waals surface area contributed by atoms with Gasteiger partial charge in [0.25, 0.3) is 0 Å². The summed E-state index contributed by atoms with van der Waals surface area (Å²) in [5.41, 5.74) is 1.12. The van der Waals surface area contributed by atoms with E-state index in [9.17, 15) is 18.3 Å². The van der Waals surface area contributed by atoms with Crippen molar-refractivity contribution in [2.45, 2.75) is 30.5 Å². The fourth-order valence-corrected chi connectivity index (χ4v) is 5.28. The molecule has 31 heavy (non-hydrogen) atoms. The van der Waals surface area contributed by atoms with E-state index >= 15 is 0 Å². The zero-order valence-electron chi connectivity index (χ0n) is 17.0. The van der Waals surface area contributed by atoms with Crippen LogP contribution >= 0.6 is 0 Å². The van der Waals surface area contributed by atoms with Crippen LogP contribution < -0.4 is 0 Å². The molecule has 2 N–H and O–H groups in total. The van der Waals surface area contributed by atoms with E-state index in [2.05, 4.69) is 4.90 Å². The van der Waals surface area contributed by atoms with Gasteiger partial charge >= 0.3 is 6.18 Å². The number of nitrogens with one attached hydrogen (secondary N) is 1. The Labute approximate surface area is 179 Å². The number of hydrogen-bond donors (Lipinski definition) is 2. The fourth-order valence-electron chi connectivity index (χ4n) is 5.28. The van der Waals surface area contributed by atoms with E-state index in [1.165, 1.54) is 12.1 Å². The maximum atomic E-state index is 12.8. The Morgan fingerprint density at radius 1 is 0.968 bits per heavy atom. The van der Waals surface area contributed by atoms with Gasteiger partial charge in [-0.05, 0) is 53.9 Å². The molecule has 2 heterocycles. The lowest BCUT2D eigenvalue weighted by Crippen LogP contribution is -2.46. The number of benzene rings is 2. The molecule has 2 atom stereocenters. The Balaban J connectivity index is 1.20. The minimum absolute atomic E-state index is 0.290. The first-order valence-corrected chi connectivity index (χ1v) is 10.6. The molecule has 0 bridgehead atoms. The van der Waals surface area contributed by atoms with Gasteiger partial charge in [-0.2, -0.15) is 13.2 Å². The van der Waals surface area contributed by atoms with Crippen LogP contribution in [0.3, 0.4) is 0 Å². The van der Waals surface area contributed by atoms with Gasteiger partial charge in [-0.1, -0.05) is 36.4 Å². The Morgan fingerprint density at radius 3 is 2.03 bits per heavy atom. The molecule has 2 aromatic carbocycles. The van der Waals surface area contributed by atoms with E-state index in [0.717, 1.165) is 42.6 Å². The Morgan fingerprint density at radius 2 is 1.55 bits per heavy atom. The number of alkyl halides is 3. The Bertz CT molecular complexity index is 954. The van der Waals surface area contributed by atoms with Crippen molar-refractivity contribution in [1.29, 1.82) is 5.41 Å². The summed E-state index contributed by atoms with van der Waals surface area (Å²) in [6.45, 7) is 2.22. The molecule has 0 aromatic heterocycles. The number of halogens is 3. The fraction of sp³-hybridized carbons (Fsp3) is 0.458. The van der Waals surface area contributed by atoms with Crippen LogP contribution in [0.2, 0.25) is 0 Å². The van der Waals surface area contributed by atoms with Crippen molar-refractivity contribution in [2.75, 3.05) is 26.3 Å². The van der Waals surface area contributed by atoms with Crippen molar-refractivity contribution in [3.05, 3.63) is 70.8 Å². The number of rotatable bonds is 3. The number of aliphatic hydroxyl groups is 1. The topological polar surface area (TPSA) is 56.6 Å². The van der Waals surface area contributed by atoms with E-state index in [4.69, 9.17) is 10.1 Å². The van der Waals surface area contributed by atoms with Crippen LogP contribution in [0.25, 0.3) is 0 Å². The van der Waals surface area contributed by atoms with E-state index in [1.807, 2.05) is 24.3 Å². The lowest BCUT2D eigenvalue weighted by atomic mass is 9.91. The lowest BCUT2D eigenvalue weighted by Gasteiger charge is -2.36. The standard InChI is InChI=1S/C24H25F3N2O2/c25-24(26,27)21-7-1-15(2-8-21)17-9-18-11-29(12-19(18)10-17)22(28)16-3-5-20(6-4-16)23(30)13-31-14-23/h1-8,17-19,28,30H,9-14H2. The summed E-state index contributed by atoms with van der Waals surface area (Å²) in [4.78, 5) is 2.11. The zero-order chi connectivity index (χ0) is 21.8. The summed E-state index contributed by atoms with van der Waals surface area (Å²) >= 11 is 0. The summed E-state index contributed by atoms with van der Waals surface area (Å²) in [5.74, 6) is 1.70. The molecule has 7 heteroatoms. The maximum Gasteiger partial charge on any atom is 0.416 e. The molecule has 0 amide bonds. The van der Waals surface area contributed by atoms with Gasteiger partial charge in [-0.3, -0.25) is 5.41 Å². The summed E-state index contributed by atoms with van der Waals surface area (Å²) < 4.78 is 43.5. The zero-order valence-corrected chi connectivity index (χ0v) is 17.0. The molecule has 1 saturated carbocycles. The molecule has 2 aliphatic heterocycles. The van der Waals surface area contributed by atoms with Gasteiger partial charge in [-0.25, -0.2) is 0 Å². The monoisotopic (exact) mass is 430 g/mol. The van der Waals surface area contributed by atoms with Crippen molar-refractivity contribution in [3.63, 3.8) is 0 Å². The molecular formula is C24H25F3N2O2. The molecule has 0 spiro atoms. The SMILES string of the molecule is N=C(c1ccc(C2(O)COC2)cc1)N1CC2CC(c3ccc(C(F)(F)F)cc3)CC2C1. The van der Waals surface area contributed by atoms with Gasteiger partial charge in [0.15, 0.2) is 0 Å². The highest BCUT2D eigenvalue weighted by molar-refractivity contribution is 5.96. The van der Waals surface area contributed by atoms with Crippen LogP contribution in [0.5, 0.6) is 0 Å². The van der Waals surface area contributed by atoms with Crippen molar-refractivity contribution in [3.8, 4) is 0 Å². The maximum absolute atomic E-state index is 12.8. The molecule has 5 rings (SSSR count). The first kappa shape index (κ1) is 20.5. The second kappa shape index (κ2) is 7.35. The smallest absolute Gasteiger partial charge is 0.380 e. The third kappa shape index (κ3) is 3.74. The van der Waals surface area contributed by atoms with E-state index < -0.39 is 17.3 Å². The molecule has 2 saturated heterocycles. The first-order valence-electron chi connectivity index (χ1n) is 10.6. The summed E-state index contributed by atoms with van der Waals surface area (Å²) in [5, 5.41) is 19.0. The predicted molar refractivity (Wildman–Crippen MR) is 110 cm³/mol. The minimum atomic E-state index is -4.30. The van der Waals surface area contributed by atoms with Gasteiger partial charge in [0.2, 0.25) is 0 Å². The predicted octanol–water partition coefficient (Wildman–Crippen LogP) is 4.37. The summed E-state index contributed by atoms with van der Waals surface area (Å²) in [7, 11) is 0. The van der Waals surface area contributed by atoms with Crippen molar-refractivity contribution in [2.24, 2.45) is 11.8 Å². The molecule has 1 aliphatic carbocycles. The van der Waals surface area contributed by atoms with Crippen LogP contribution in [-0.2, 0) is 16.5 Å². The van der Waals surface area contributed by atoms with Gasteiger partial charge < -0.3 is 14.7 Å². The van der Waals surface area contributed by atoms with Crippen LogP contribution in [0.4, 0.5) is 13.2 Å². The van der Waals surface area contributed by atoms with Crippen LogP contribution in [0.1, 0.15) is 41.0 Å². The second-order valence-electron chi connectivity index (χ2n) is 9.16. The van der Waals surface area contributed by atoms with Gasteiger partial charge in [0.1, 0.15) is 11.4 Å². The molecule has 2 aromatic rings. The third-order valence-electron chi connectivity index (χ3n) is 7.15. The number of nitrogens with zero attached hydrogens (tertiary/aromatic N) is 1. The van der Waals surface area contributed by atoms with Gasteiger partial charge in [0.05, 0.1) is 18.8 Å². The van der Waals surface area contributed by atoms with E-state index in [0.29, 0.717) is 36.8 Å². The van der Waals surface area contributed by atoms with Crippen LogP contribution in [0.15, 0.2) is 48.5 Å². The Kier molecular flexibility index (Phi) is 4.86. The largest absolute Gasteiger partial charge is 0.416 e. The average molecular weight is 430 g/mol. The average Bonchev–Trinajstić information content (AvgIpc) is 3.30. The molecular weight excluding hydrogens is 405 g/mol.